The van der Waals surface area contributed by atoms with Gasteiger partial charge in [0.25, 0.3) is 5.91 Å². The van der Waals surface area contributed by atoms with Crippen LogP contribution in [0, 0.1) is 0 Å². The molecule has 3 N–H and O–H groups in total. The van der Waals surface area contributed by atoms with Crippen molar-refractivity contribution in [2.45, 2.75) is 6.42 Å². The topological polar surface area (TPSA) is 90.9 Å². The van der Waals surface area contributed by atoms with Crippen LogP contribution in [0.4, 0.5) is 0 Å². The monoisotopic (exact) mass is 372 g/mol. The standard InChI is InChI=1S/C22H20N4O2/c27-11-3-10-24-22(28)16-8-6-15(7-9-16)20-13-23-14-21(26-20)19-12-17-4-1-2-5-18(17)25-19/h1-2,4-9,12-14,25,27H,3,10-11H2,(H,24,28). The summed E-state index contributed by atoms with van der Waals surface area (Å²) in [6.45, 7) is 0.514. The Kier molecular flexibility index (Phi) is 5.12. The second kappa shape index (κ2) is 8.02. The predicted octanol–water partition coefficient (Wildman–Crippen LogP) is 3.40. The van der Waals surface area contributed by atoms with Crippen molar-refractivity contribution in [1.82, 2.24) is 20.3 Å². The Morgan fingerprint density at radius 1 is 1.04 bits per heavy atom. The summed E-state index contributed by atoms with van der Waals surface area (Å²) in [5.74, 6) is -0.155. The van der Waals surface area contributed by atoms with Crippen molar-refractivity contribution >= 4 is 16.8 Å². The Bertz CT molecular complexity index is 1070. The SMILES string of the molecule is O=C(NCCCO)c1ccc(-c2cncc(-c3cc4ccccc4[nH]3)n2)cc1. The molecule has 0 aliphatic carbocycles. The number of fused-ring (bicyclic) bond motifs is 1. The van der Waals surface area contributed by atoms with Crippen molar-refractivity contribution in [1.29, 1.82) is 0 Å². The van der Waals surface area contributed by atoms with E-state index in [0.717, 1.165) is 33.5 Å². The van der Waals surface area contributed by atoms with Gasteiger partial charge in [-0.1, -0.05) is 30.3 Å². The maximum absolute atomic E-state index is 12.1. The van der Waals surface area contributed by atoms with Crippen LogP contribution in [-0.2, 0) is 0 Å². The number of carbonyl (C=O) groups is 1. The van der Waals surface area contributed by atoms with Crippen LogP contribution in [0.2, 0.25) is 0 Å². The van der Waals surface area contributed by atoms with Gasteiger partial charge in [0, 0.05) is 35.2 Å². The first-order valence-electron chi connectivity index (χ1n) is 9.14. The number of aromatic nitrogens is 3. The Labute approximate surface area is 162 Å². The number of aliphatic hydroxyl groups excluding tert-OH is 1. The highest BCUT2D eigenvalue weighted by molar-refractivity contribution is 5.94. The molecule has 28 heavy (non-hydrogen) atoms. The van der Waals surface area contributed by atoms with Gasteiger partial charge in [-0.2, -0.15) is 0 Å². The lowest BCUT2D eigenvalue weighted by molar-refractivity contribution is 0.0951. The van der Waals surface area contributed by atoms with Crippen molar-refractivity contribution in [3.63, 3.8) is 0 Å². The van der Waals surface area contributed by atoms with Crippen LogP contribution in [0.1, 0.15) is 16.8 Å². The van der Waals surface area contributed by atoms with Gasteiger partial charge in [-0.25, -0.2) is 4.98 Å². The third kappa shape index (κ3) is 3.77. The lowest BCUT2D eigenvalue weighted by Crippen LogP contribution is -2.24. The molecule has 140 valence electrons. The minimum atomic E-state index is -0.155. The van der Waals surface area contributed by atoms with Crippen molar-refractivity contribution in [3.8, 4) is 22.6 Å². The molecule has 4 aromatic rings. The lowest BCUT2D eigenvalue weighted by Gasteiger charge is -2.06. The summed E-state index contributed by atoms with van der Waals surface area (Å²) in [5.41, 5.74) is 4.93. The second-order valence-corrected chi connectivity index (χ2v) is 6.47. The molecular weight excluding hydrogens is 352 g/mol. The molecule has 0 unspecified atom stereocenters. The van der Waals surface area contributed by atoms with Crippen LogP contribution in [0.5, 0.6) is 0 Å². The van der Waals surface area contributed by atoms with Crippen molar-refractivity contribution in [3.05, 3.63) is 72.6 Å². The second-order valence-electron chi connectivity index (χ2n) is 6.47. The number of para-hydroxylation sites is 1. The zero-order chi connectivity index (χ0) is 19.3. The Morgan fingerprint density at radius 3 is 2.61 bits per heavy atom. The van der Waals surface area contributed by atoms with Gasteiger partial charge in [0.05, 0.1) is 23.8 Å². The molecule has 0 radical (unpaired) electrons. The van der Waals surface area contributed by atoms with E-state index >= 15 is 0 Å². The summed E-state index contributed by atoms with van der Waals surface area (Å²) in [6.07, 6.45) is 3.99. The van der Waals surface area contributed by atoms with Gasteiger partial charge < -0.3 is 15.4 Å². The van der Waals surface area contributed by atoms with Gasteiger partial charge in [-0.3, -0.25) is 9.78 Å². The molecule has 0 bridgehead atoms. The third-order valence-electron chi connectivity index (χ3n) is 4.50. The van der Waals surface area contributed by atoms with E-state index < -0.39 is 0 Å². The number of aliphatic hydroxyl groups is 1. The molecule has 2 aromatic heterocycles. The highest BCUT2D eigenvalue weighted by Crippen LogP contribution is 2.24. The molecule has 0 aliphatic rings. The lowest BCUT2D eigenvalue weighted by atomic mass is 10.1. The molecule has 1 amide bonds. The van der Waals surface area contributed by atoms with Crippen LogP contribution in [0.15, 0.2) is 67.0 Å². The van der Waals surface area contributed by atoms with E-state index in [1.807, 2.05) is 30.3 Å². The fraction of sp³-hybridized carbons (Fsp3) is 0.136. The third-order valence-corrected chi connectivity index (χ3v) is 4.50. The fourth-order valence-corrected chi connectivity index (χ4v) is 3.02. The van der Waals surface area contributed by atoms with Gasteiger partial charge in [-0.05, 0) is 30.7 Å². The van der Waals surface area contributed by atoms with E-state index in [1.54, 1.807) is 24.5 Å². The van der Waals surface area contributed by atoms with E-state index in [-0.39, 0.29) is 12.5 Å². The number of aromatic amines is 1. The molecule has 0 aliphatic heterocycles. The van der Waals surface area contributed by atoms with Crippen LogP contribution in [0.3, 0.4) is 0 Å². The van der Waals surface area contributed by atoms with Crippen LogP contribution >= 0.6 is 0 Å². The number of carbonyl (C=O) groups excluding carboxylic acids is 1. The Hall–Kier alpha value is -3.51. The summed E-state index contributed by atoms with van der Waals surface area (Å²) >= 11 is 0. The van der Waals surface area contributed by atoms with Gasteiger partial charge in [-0.15, -0.1) is 0 Å². The summed E-state index contributed by atoms with van der Waals surface area (Å²) in [7, 11) is 0. The molecule has 6 heteroatoms. The van der Waals surface area contributed by atoms with Gasteiger partial charge in [0.15, 0.2) is 0 Å². The minimum absolute atomic E-state index is 0.0601. The van der Waals surface area contributed by atoms with Gasteiger partial charge in [0.1, 0.15) is 5.69 Å². The highest BCUT2D eigenvalue weighted by atomic mass is 16.3. The maximum atomic E-state index is 12.1. The highest BCUT2D eigenvalue weighted by Gasteiger charge is 2.09. The number of hydrogen-bond acceptors (Lipinski definition) is 4. The van der Waals surface area contributed by atoms with E-state index in [9.17, 15) is 4.79 Å². The molecule has 0 spiro atoms. The number of rotatable bonds is 6. The number of nitrogens with zero attached hydrogens (tertiary/aromatic N) is 2. The summed E-state index contributed by atoms with van der Waals surface area (Å²) in [6, 6.07) is 17.4. The maximum Gasteiger partial charge on any atom is 0.251 e. The molecule has 0 saturated heterocycles. The smallest absolute Gasteiger partial charge is 0.251 e. The Balaban J connectivity index is 1.56. The summed E-state index contributed by atoms with van der Waals surface area (Å²) in [5, 5.41) is 12.7. The average molecular weight is 372 g/mol. The molecule has 0 saturated carbocycles. The van der Waals surface area contributed by atoms with Gasteiger partial charge in [0.2, 0.25) is 0 Å². The Morgan fingerprint density at radius 2 is 1.82 bits per heavy atom. The molecule has 6 nitrogen and oxygen atoms in total. The van der Waals surface area contributed by atoms with E-state index in [0.29, 0.717) is 18.5 Å². The van der Waals surface area contributed by atoms with E-state index in [1.165, 1.54) is 0 Å². The quantitative estimate of drug-likeness (QED) is 0.453. The minimum Gasteiger partial charge on any atom is -0.396 e. The molecule has 2 aromatic carbocycles. The summed E-state index contributed by atoms with van der Waals surface area (Å²) < 4.78 is 0. The molecular formula is C22H20N4O2. The zero-order valence-corrected chi connectivity index (χ0v) is 15.2. The van der Waals surface area contributed by atoms with Crippen molar-refractivity contribution in [2.75, 3.05) is 13.2 Å². The molecule has 0 fully saturated rings. The van der Waals surface area contributed by atoms with Crippen LogP contribution < -0.4 is 5.32 Å². The van der Waals surface area contributed by atoms with E-state index in [4.69, 9.17) is 10.1 Å². The first-order valence-corrected chi connectivity index (χ1v) is 9.14. The zero-order valence-electron chi connectivity index (χ0n) is 15.2. The predicted molar refractivity (Wildman–Crippen MR) is 109 cm³/mol. The number of hydrogen-bond donors (Lipinski definition) is 3. The van der Waals surface area contributed by atoms with Crippen LogP contribution in [0.25, 0.3) is 33.5 Å². The summed E-state index contributed by atoms with van der Waals surface area (Å²) in [4.78, 5) is 24.5. The number of nitrogens with one attached hydrogen (secondary N) is 2. The normalized spacial score (nSPS) is 10.9. The van der Waals surface area contributed by atoms with Gasteiger partial charge >= 0.3 is 0 Å². The first kappa shape index (κ1) is 17.9. The van der Waals surface area contributed by atoms with Crippen molar-refractivity contribution in [2.24, 2.45) is 0 Å². The molecule has 2 heterocycles. The van der Waals surface area contributed by atoms with Crippen molar-refractivity contribution < 1.29 is 9.90 Å². The van der Waals surface area contributed by atoms with Crippen LogP contribution in [-0.4, -0.2) is 39.1 Å². The molecule has 0 atom stereocenters. The fourth-order valence-electron chi connectivity index (χ4n) is 3.02. The largest absolute Gasteiger partial charge is 0.396 e. The van der Waals surface area contributed by atoms with E-state index in [2.05, 4.69) is 27.4 Å². The number of benzene rings is 2. The number of H-pyrrole nitrogens is 1. The molecule has 4 rings (SSSR count). The average Bonchev–Trinajstić information content (AvgIpc) is 3.18. The first-order chi connectivity index (χ1) is 13.7. The number of amides is 1.